The largest absolute Gasteiger partial charge is 0.352 e. The van der Waals surface area contributed by atoms with E-state index in [4.69, 9.17) is 15.7 Å². The molecule has 3 N–H and O–H groups in total. The van der Waals surface area contributed by atoms with Crippen molar-refractivity contribution in [1.29, 1.82) is 0 Å². The summed E-state index contributed by atoms with van der Waals surface area (Å²) in [6.07, 6.45) is 5.76. The highest BCUT2D eigenvalue weighted by Crippen LogP contribution is 2.32. The fourth-order valence-corrected chi connectivity index (χ4v) is 4.51. The second kappa shape index (κ2) is 6.95. The van der Waals surface area contributed by atoms with Gasteiger partial charge >= 0.3 is 0 Å². The molecule has 0 bridgehead atoms. The molecule has 3 aliphatic heterocycles. The number of nitrogens with one attached hydrogen (secondary N) is 1. The summed E-state index contributed by atoms with van der Waals surface area (Å²) in [6, 6.07) is 4.02. The van der Waals surface area contributed by atoms with Crippen LogP contribution in [0.1, 0.15) is 43.3 Å². The van der Waals surface area contributed by atoms with Crippen molar-refractivity contribution >= 4 is 17.3 Å². The first-order valence-electron chi connectivity index (χ1n) is 10.4. The van der Waals surface area contributed by atoms with Crippen molar-refractivity contribution in [1.82, 2.24) is 15.0 Å². The van der Waals surface area contributed by atoms with Crippen molar-refractivity contribution in [3.8, 4) is 0 Å². The van der Waals surface area contributed by atoms with Gasteiger partial charge in [-0.05, 0) is 49.8 Å². The number of aryl methyl sites for hydroxylation is 1. The summed E-state index contributed by atoms with van der Waals surface area (Å²) in [5.74, 6) is 1.32. The Labute approximate surface area is 169 Å². The van der Waals surface area contributed by atoms with Gasteiger partial charge in [0.05, 0.1) is 23.6 Å². The van der Waals surface area contributed by atoms with E-state index in [1.54, 1.807) is 0 Å². The number of hydrogen-bond acceptors (Lipinski definition) is 7. The highest BCUT2D eigenvalue weighted by atomic mass is 16.1. The molecule has 1 saturated heterocycles. The molecule has 29 heavy (non-hydrogen) atoms. The first kappa shape index (κ1) is 18.3. The van der Waals surface area contributed by atoms with Gasteiger partial charge in [-0.25, -0.2) is 4.98 Å². The third-order valence-electron chi connectivity index (χ3n) is 6.54. The molecule has 0 amide bonds. The van der Waals surface area contributed by atoms with Gasteiger partial charge in [0, 0.05) is 25.8 Å². The number of piperidine rings is 1. The summed E-state index contributed by atoms with van der Waals surface area (Å²) < 4.78 is 0. The number of nitrogens with zero attached hydrogens (tertiary/aromatic N) is 5. The number of H-pyrrole nitrogens is 1. The quantitative estimate of drug-likeness (QED) is 0.800. The second-order valence-electron chi connectivity index (χ2n) is 8.58. The summed E-state index contributed by atoms with van der Waals surface area (Å²) in [4.78, 5) is 34.3. The number of hydrogen-bond donors (Lipinski definition) is 2. The Bertz CT molecular complexity index is 1020. The van der Waals surface area contributed by atoms with Gasteiger partial charge in [0.15, 0.2) is 11.7 Å². The van der Waals surface area contributed by atoms with E-state index in [0.29, 0.717) is 18.9 Å². The smallest absolute Gasteiger partial charge is 0.291 e. The number of pyridine rings is 1. The third-order valence-corrected chi connectivity index (χ3v) is 6.54. The predicted octanol–water partition coefficient (Wildman–Crippen LogP) is 1.44. The Balaban J connectivity index is 1.43. The van der Waals surface area contributed by atoms with Gasteiger partial charge in [0.1, 0.15) is 5.69 Å². The van der Waals surface area contributed by atoms with Crippen molar-refractivity contribution in [2.45, 2.75) is 39.2 Å². The minimum atomic E-state index is -0.141. The molecule has 0 radical (unpaired) electrons. The monoisotopic (exact) mass is 393 g/mol. The third kappa shape index (κ3) is 3.11. The molecule has 2 aromatic heterocycles. The molecular weight excluding hydrogens is 366 g/mol. The average molecular weight is 393 g/mol. The summed E-state index contributed by atoms with van der Waals surface area (Å²) >= 11 is 0. The summed E-state index contributed by atoms with van der Waals surface area (Å²) in [6.45, 7) is 5.87. The lowest BCUT2D eigenvalue weighted by molar-refractivity contribution is 0.257. The van der Waals surface area contributed by atoms with Crippen LogP contribution in [0.15, 0.2) is 28.1 Å². The zero-order valence-corrected chi connectivity index (χ0v) is 16.8. The maximum Gasteiger partial charge on any atom is 0.291 e. The second-order valence-corrected chi connectivity index (χ2v) is 8.58. The Morgan fingerprint density at radius 2 is 2.07 bits per heavy atom. The number of amidine groups is 1. The van der Waals surface area contributed by atoms with Crippen LogP contribution in [0.3, 0.4) is 0 Å². The lowest BCUT2D eigenvalue weighted by atomic mass is 9.80. The number of nitrogens with two attached hydrogens (primary N) is 1. The molecule has 5 heterocycles. The van der Waals surface area contributed by atoms with Gasteiger partial charge in [-0.1, -0.05) is 6.92 Å². The average Bonchev–Trinajstić information content (AvgIpc) is 3.16. The van der Waals surface area contributed by atoms with E-state index in [9.17, 15) is 4.79 Å². The zero-order valence-electron chi connectivity index (χ0n) is 16.8. The van der Waals surface area contributed by atoms with Crippen LogP contribution >= 0.6 is 0 Å². The van der Waals surface area contributed by atoms with Crippen LogP contribution in [0.4, 0.5) is 11.5 Å². The number of rotatable bonds is 2. The fourth-order valence-electron chi connectivity index (χ4n) is 4.51. The number of aromatic amines is 1. The fraction of sp³-hybridized carbons (Fsp3) is 0.524. The van der Waals surface area contributed by atoms with Crippen LogP contribution in [0.2, 0.25) is 0 Å². The predicted molar refractivity (Wildman–Crippen MR) is 114 cm³/mol. The van der Waals surface area contributed by atoms with Gasteiger partial charge in [-0.3, -0.25) is 14.8 Å². The van der Waals surface area contributed by atoms with Crippen LogP contribution in [0, 0.1) is 5.41 Å². The summed E-state index contributed by atoms with van der Waals surface area (Å²) in [5, 5.41) is 0. The molecule has 1 fully saturated rings. The zero-order chi connectivity index (χ0) is 20.0. The first-order valence-corrected chi connectivity index (χ1v) is 10.4. The molecule has 0 saturated carbocycles. The van der Waals surface area contributed by atoms with E-state index < -0.39 is 0 Å². The van der Waals surface area contributed by atoms with Gasteiger partial charge in [-0.15, -0.1) is 0 Å². The molecule has 8 nitrogen and oxygen atoms in total. The molecule has 5 rings (SSSR count). The Morgan fingerprint density at radius 1 is 1.24 bits per heavy atom. The van der Waals surface area contributed by atoms with E-state index in [0.717, 1.165) is 73.9 Å². The normalized spacial score (nSPS) is 20.3. The topological polar surface area (TPSA) is 103 Å². The van der Waals surface area contributed by atoms with Gasteiger partial charge in [0.25, 0.3) is 5.56 Å². The number of anilines is 2. The SMILES string of the molecule is CC1(CN)CCN(c2nc3c([nH]c2=O)C(N2CCCc4ncccc42)=NC3)CC1. The molecular formula is C21H27N7O. The first-order chi connectivity index (χ1) is 14.1. The highest BCUT2D eigenvalue weighted by Gasteiger charge is 2.33. The minimum absolute atomic E-state index is 0.141. The van der Waals surface area contributed by atoms with E-state index in [-0.39, 0.29) is 11.0 Å². The van der Waals surface area contributed by atoms with E-state index >= 15 is 0 Å². The van der Waals surface area contributed by atoms with E-state index in [2.05, 4.69) is 32.8 Å². The van der Waals surface area contributed by atoms with Crippen molar-refractivity contribution in [3.63, 3.8) is 0 Å². The molecule has 152 valence electrons. The van der Waals surface area contributed by atoms with E-state index in [1.165, 1.54) is 0 Å². The van der Waals surface area contributed by atoms with Crippen molar-refractivity contribution in [3.05, 3.63) is 45.8 Å². The van der Waals surface area contributed by atoms with Crippen LogP contribution < -0.4 is 21.1 Å². The van der Waals surface area contributed by atoms with Crippen molar-refractivity contribution in [2.75, 3.05) is 36.0 Å². The minimum Gasteiger partial charge on any atom is -0.352 e. The summed E-state index contributed by atoms with van der Waals surface area (Å²) in [5.41, 5.74) is 9.69. The van der Waals surface area contributed by atoms with Crippen LogP contribution in [-0.2, 0) is 13.0 Å². The standard InChI is InChI=1S/C21H27N7O/c1-21(13-22)6-10-27(11-7-21)19-20(29)26-17-15(25-19)12-24-18(17)28-9-3-4-14-16(28)5-2-8-23-14/h2,5,8H,3-4,6-7,9-13,22H2,1H3,(H,26,29). The van der Waals surface area contributed by atoms with Gasteiger partial charge < -0.3 is 20.5 Å². The van der Waals surface area contributed by atoms with Gasteiger partial charge in [-0.2, -0.15) is 0 Å². The van der Waals surface area contributed by atoms with Crippen LogP contribution in [0.25, 0.3) is 0 Å². The molecule has 3 aliphatic rings. The lowest BCUT2D eigenvalue weighted by Gasteiger charge is -2.38. The van der Waals surface area contributed by atoms with Crippen molar-refractivity contribution in [2.24, 2.45) is 16.1 Å². The lowest BCUT2D eigenvalue weighted by Crippen LogP contribution is -2.44. The van der Waals surface area contributed by atoms with Gasteiger partial charge in [0.2, 0.25) is 0 Å². The number of aliphatic imine (C=N–C) groups is 1. The molecule has 0 spiro atoms. The molecule has 2 aromatic rings. The Morgan fingerprint density at radius 3 is 2.86 bits per heavy atom. The molecule has 8 heteroatoms. The summed E-state index contributed by atoms with van der Waals surface area (Å²) in [7, 11) is 0. The molecule has 0 aromatic carbocycles. The Hall–Kier alpha value is -2.74. The van der Waals surface area contributed by atoms with Crippen LogP contribution in [-0.4, -0.2) is 47.0 Å². The molecule has 0 unspecified atom stereocenters. The van der Waals surface area contributed by atoms with Crippen molar-refractivity contribution < 1.29 is 0 Å². The van der Waals surface area contributed by atoms with E-state index in [1.807, 2.05) is 12.3 Å². The molecule has 0 aliphatic carbocycles. The van der Waals surface area contributed by atoms with Crippen LogP contribution in [0.5, 0.6) is 0 Å². The maximum absolute atomic E-state index is 12.9. The highest BCUT2D eigenvalue weighted by molar-refractivity contribution is 6.11. The Kier molecular flexibility index (Phi) is 4.38. The molecule has 0 atom stereocenters. The number of fused-ring (bicyclic) bond motifs is 2. The number of aromatic nitrogens is 3. The maximum atomic E-state index is 12.9.